The van der Waals surface area contributed by atoms with Gasteiger partial charge in [0, 0.05) is 16.5 Å². The van der Waals surface area contributed by atoms with E-state index in [9.17, 15) is 0 Å². The molecule has 0 saturated heterocycles. The van der Waals surface area contributed by atoms with E-state index in [0.717, 1.165) is 22.8 Å². The number of hydrogen-bond acceptors (Lipinski definition) is 5. The number of H-pyrrole nitrogens is 1. The summed E-state index contributed by atoms with van der Waals surface area (Å²) in [7, 11) is 3.50. The van der Waals surface area contributed by atoms with Gasteiger partial charge in [0.05, 0.1) is 19.8 Å². The highest BCUT2D eigenvalue weighted by atomic mass is 16.5. The lowest BCUT2D eigenvalue weighted by Crippen LogP contribution is -2.24. The molecule has 7 heteroatoms. The third kappa shape index (κ3) is 3.70. The van der Waals surface area contributed by atoms with Gasteiger partial charge in [-0.3, -0.25) is 0 Å². The van der Waals surface area contributed by atoms with E-state index in [0.29, 0.717) is 5.95 Å². The van der Waals surface area contributed by atoms with Crippen molar-refractivity contribution < 1.29 is 9.30 Å². The third-order valence-electron chi connectivity index (χ3n) is 3.24. The van der Waals surface area contributed by atoms with E-state index in [1.807, 2.05) is 55.6 Å². The van der Waals surface area contributed by atoms with E-state index in [1.54, 1.807) is 18.0 Å². The van der Waals surface area contributed by atoms with Gasteiger partial charge in [0.15, 0.2) is 0 Å². The molecule has 116 valence electrons. The number of nitrogens with zero attached hydrogens (tertiary/aromatic N) is 4. The Morgan fingerprint density at radius 3 is 2.22 bits per heavy atom. The number of benzene rings is 2. The molecular formula is C16H17N6O+. The van der Waals surface area contributed by atoms with E-state index < -0.39 is 0 Å². The van der Waals surface area contributed by atoms with Crippen LogP contribution in [0.4, 0.5) is 23.0 Å². The number of ether oxygens (including phenoxy) is 1. The molecule has 0 bridgehead atoms. The molecule has 0 unspecified atom stereocenters. The second-order valence-electron chi connectivity index (χ2n) is 4.89. The fourth-order valence-corrected chi connectivity index (χ4v) is 1.96. The summed E-state index contributed by atoms with van der Waals surface area (Å²) in [5.41, 5.74) is 2.73. The van der Waals surface area contributed by atoms with Crippen molar-refractivity contribution in [2.45, 2.75) is 0 Å². The maximum atomic E-state index is 5.14. The summed E-state index contributed by atoms with van der Waals surface area (Å²) >= 11 is 0. The SMILES string of the molecule is COc1ccc(Nc2ccc(N=Nc3[nH]nc[n+]3C)cc2)cc1. The highest BCUT2D eigenvalue weighted by Crippen LogP contribution is 2.22. The summed E-state index contributed by atoms with van der Waals surface area (Å²) in [6.45, 7) is 0. The lowest BCUT2D eigenvalue weighted by molar-refractivity contribution is -0.658. The zero-order valence-electron chi connectivity index (χ0n) is 12.9. The summed E-state index contributed by atoms with van der Waals surface area (Å²) in [4.78, 5) is 0. The van der Waals surface area contributed by atoms with Crippen LogP contribution in [0.2, 0.25) is 0 Å². The van der Waals surface area contributed by atoms with Crippen molar-refractivity contribution in [3.8, 4) is 5.75 Å². The topological polar surface area (TPSA) is 78.5 Å². The third-order valence-corrected chi connectivity index (χ3v) is 3.24. The first-order valence-corrected chi connectivity index (χ1v) is 7.06. The smallest absolute Gasteiger partial charge is 0.401 e. The molecular weight excluding hydrogens is 292 g/mol. The largest absolute Gasteiger partial charge is 0.497 e. The lowest BCUT2D eigenvalue weighted by Gasteiger charge is -2.07. The van der Waals surface area contributed by atoms with Gasteiger partial charge in [0.1, 0.15) is 5.75 Å². The monoisotopic (exact) mass is 309 g/mol. The number of aryl methyl sites for hydroxylation is 1. The van der Waals surface area contributed by atoms with Crippen molar-refractivity contribution in [3.63, 3.8) is 0 Å². The average Bonchev–Trinajstić information content (AvgIpc) is 3.00. The Labute approximate surface area is 133 Å². The number of hydrogen-bond donors (Lipinski definition) is 2. The molecule has 23 heavy (non-hydrogen) atoms. The average molecular weight is 309 g/mol. The van der Waals surface area contributed by atoms with Crippen LogP contribution in [-0.2, 0) is 7.05 Å². The van der Waals surface area contributed by atoms with Crippen molar-refractivity contribution in [1.29, 1.82) is 0 Å². The minimum atomic E-state index is 0.588. The number of methoxy groups -OCH3 is 1. The van der Waals surface area contributed by atoms with E-state index >= 15 is 0 Å². The number of aromatic amines is 1. The molecule has 0 spiro atoms. The molecule has 2 aromatic carbocycles. The van der Waals surface area contributed by atoms with Crippen molar-refractivity contribution >= 4 is 23.0 Å². The van der Waals surface area contributed by atoms with Crippen LogP contribution in [0.25, 0.3) is 0 Å². The Hall–Kier alpha value is -3.22. The predicted molar refractivity (Wildman–Crippen MR) is 86.7 cm³/mol. The first-order valence-electron chi connectivity index (χ1n) is 7.06. The van der Waals surface area contributed by atoms with Gasteiger partial charge >= 0.3 is 5.95 Å². The zero-order chi connectivity index (χ0) is 16.1. The first kappa shape index (κ1) is 14.7. The predicted octanol–water partition coefficient (Wildman–Crippen LogP) is 3.40. The van der Waals surface area contributed by atoms with Crippen molar-refractivity contribution in [2.75, 3.05) is 12.4 Å². The second-order valence-corrected chi connectivity index (χ2v) is 4.89. The molecule has 1 aromatic heterocycles. The number of rotatable bonds is 5. The number of aromatic nitrogens is 3. The van der Waals surface area contributed by atoms with Gasteiger partial charge in [0.25, 0.3) is 0 Å². The van der Waals surface area contributed by atoms with Gasteiger partial charge in [-0.05, 0) is 53.6 Å². The summed E-state index contributed by atoms with van der Waals surface area (Å²) in [5, 5.41) is 18.2. The van der Waals surface area contributed by atoms with Crippen LogP contribution in [0.3, 0.4) is 0 Å². The molecule has 0 aliphatic rings. The Bertz CT molecular complexity index is 792. The fourth-order valence-electron chi connectivity index (χ4n) is 1.96. The molecule has 7 nitrogen and oxygen atoms in total. The molecule has 0 fully saturated rings. The summed E-state index contributed by atoms with van der Waals surface area (Å²) in [5.74, 6) is 1.42. The molecule has 0 saturated carbocycles. The maximum absolute atomic E-state index is 5.14. The van der Waals surface area contributed by atoms with Gasteiger partial charge in [0.2, 0.25) is 6.33 Å². The van der Waals surface area contributed by atoms with Crippen LogP contribution in [-0.4, -0.2) is 17.3 Å². The zero-order valence-corrected chi connectivity index (χ0v) is 12.9. The van der Waals surface area contributed by atoms with Gasteiger partial charge in [-0.2, -0.15) is 0 Å². The van der Waals surface area contributed by atoms with Crippen LogP contribution >= 0.6 is 0 Å². The van der Waals surface area contributed by atoms with E-state index in [1.165, 1.54) is 0 Å². The highest BCUT2D eigenvalue weighted by Gasteiger charge is 2.05. The van der Waals surface area contributed by atoms with Crippen LogP contribution in [0, 0.1) is 0 Å². The summed E-state index contributed by atoms with van der Waals surface area (Å²) < 4.78 is 6.89. The lowest BCUT2D eigenvalue weighted by atomic mass is 10.2. The molecule has 2 N–H and O–H groups in total. The van der Waals surface area contributed by atoms with Crippen molar-refractivity contribution in [3.05, 3.63) is 54.9 Å². The maximum Gasteiger partial charge on any atom is 0.401 e. The van der Waals surface area contributed by atoms with E-state index in [2.05, 4.69) is 25.7 Å². The van der Waals surface area contributed by atoms with E-state index in [-0.39, 0.29) is 0 Å². The molecule has 0 aliphatic carbocycles. The van der Waals surface area contributed by atoms with Crippen LogP contribution in [0.5, 0.6) is 5.75 Å². The van der Waals surface area contributed by atoms with Crippen LogP contribution < -0.4 is 14.6 Å². The molecule has 0 aliphatic heterocycles. The minimum absolute atomic E-state index is 0.588. The molecule has 0 radical (unpaired) electrons. The Kier molecular flexibility index (Phi) is 4.28. The standard InChI is InChI=1S/C16H16N6O/c1-22-11-17-20-16(22)21-19-14-5-3-12(4-6-14)18-13-7-9-15(23-2)10-8-13/h3-11H,1-2H3,(H,18,20,21)/p+1. The van der Waals surface area contributed by atoms with Gasteiger partial charge in [-0.15, -0.1) is 5.10 Å². The fraction of sp³-hybridized carbons (Fsp3) is 0.125. The summed E-state index contributed by atoms with van der Waals surface area (Å²) in [6.07, 6.45) is 1.64. The Morgan fingerprint density at radius 1 is 1.00 bits per heavy atom. The molecule has 1 heterocycles. The highest BCUT2D eigenvalue weighted by molar-refractivity contribution is 5.62. The van der Waals surface area contributed by atoms with Gasteiger partial charge in [-0.25, -0.2) is 4.57 Å². The molecule has 3 rings (SSSR count). The minimum Gasteiger partial charge on any atom is -0.497 e. The summed E-state index contributed by atoms with van der Waals surface area (Å²) in [6, 6.07) is 15.4. The van der Waals surface area contributed by atoms with Crippen LogP contribution in [0.15, 0.2) is 65.1 Å². The Balaban J connectivity index is 1.66. The quantitative estimate of drug-likeness (QED) is 0.560. The van der Waals surface area contributed by atoms with E-state index in [4.69, 9.17) is 4.74 Å². The number of anilines is 2. The molecule has 3 aromatic rings. The first-order chi connectivity index (χ1) is 11.2. The Morgan fingerprint density at radius 2 is 1.65 bits per heavy atom. The van der Waals surface area contributed by atoms with Gasteiger partial charge < -0.3 is 10.1 Å². The molecule has 0 atom stereocenters. The number of nitrogens with one attached hydrogen (secondary N) is 2. The van der Waals surface area contributed by atoms with Crippen molar-refractivity contribution in [2.24, 2.45) is 17.3 Å². The second kappa shape index (κ2) is 6.69. The van der Waals surface area contributed by atoms with Crippen LogP contribution in [0.1, 0.15) is 0 Å². The number of azo groups is 1. The normalized spacial score (nSPS) is 10.9. The molecule has 0 amide bonds. The van der Waals surface area contributed by atoms with Crippen molar-refractivity contribution in [1.82, 2.24) is 10.2 Å². The van der Waals surface area contributed by atoms with Gasteiger partial charge in [-0.1, -0.05) is 5.11 Å².